The van der Waals surface area contributed by atoms with E-state index in [1.165, 1.54) is 45.9 Å². The monoisotopic (exact) mass is 390 g/mol. The Hall–Kier alpha value is -2.54. The van der Waals surface area contributed by atoms with Gasteiger partial charge in [-0.1, -0.05) is 30.9 Å². The van der Waals surface area contributed by atoms with Gasteiger partial charge in [-0.15, -0.1) is 0 Å². The summed E-state index contributed by atoms with van der Waals surface area (Å²) in [6.45, 7) is 0. The summed E-state index contributed by atoms with van der Waals surface area (Å²) in [6, 6.07) is 3.60. The lowest BCUT2D eigenvalue weighted by Crippen LogP contribution is -2.23. The maximum atomic E-state index is 12.5. The lowest BCUT2D eigenvalue weighted by Gasteiger charge is -2.22. The topological polar surface area (TPSA) is 85.4 Å². The number of ether oxygens (including phenoxy) is 2. The van der Waals surface area contributed by atoms with Gasteiger partial charge in [-0.3, -0.25) is 4.79 Å². The van der Waals surface area contributed by atoms with Gasteiger partial charge in [0.2, 0.25) is 5.95 Å². The molecule has 8 heteroatoms. The summed E-state index contributed by atoms with van der Waals surface area (Å²) in [4.78, 5) is 21.1. The molecule has 1 aromatic heterocycles. The third-order valence-electron chi connectivity index (χ3n) is 4.57. The molecule has 27 heavy (non-hydrogen) atoms. The molecule has 1 aromatic carbocycles. The van der Waals surface area contributed by atoms with Crippen LogP contribution in [0.2, 0.25) is 5.02 Å². The number of hydrogen-bond donors (Lipinski definition) is 2. The van der Waals surface area contributed by atoms with E-state index in [-0.39, 0.29) is 5.91 Å². The number of benzene rings is 1. The standard InChI is InChI=1S/C19H23ClN4O3/c1-26-16-9-15(17(27-2)8-14(16)20)24-18(25)12-10-21-19(22-11-12)23-13-6-4-3-5-7-13/h8-11,13H,3-7H2,1-2H3,(H,24,25)(H,21,22,23). The number of carbonyl (C=O) groups excluding carboxylic acids is 1. The predicted molar refractivity (Wildman–Crippen MR) is 105 cm³/mol. The van der Waals surface area contributed by atoms with Crippen molar-refractivity contribution in [1.29, 1.82) is 0 Å². The molecule has 3 rings (SSSR count). The summed E-state index contributed by atoms with van der Waals surface area (Å²) >= 11 is 6.09. The van der Waals surface area contributed by atoms with E-state index in [0.717, 1.165) is 12.8 Å². The van der Waals surface area contributed by atoms with Crippen molar-refractivity contribution in [3.8, 4) is 11.5 Å². The van der Waals surface area contributed by atoms with Gasteiger partial charge < -0.3 is 20.1 Å². The van der Waals surface area contributed by atoms with E-state index in [4.69, 9.17) is 21.1 Å². The smallest absolute Gasteiger partial charge is 0.258 e. The minimum absolute atomic E-state index is 0.345. The zero-order valence-electron chi connectivity index (χ0n) is 15.4. The molecule has 0 radical (unpaired) electrons. The van der Waals surface area contributed by atoms with E-state index in [1.54, 1.807) is 12.1 Å². The number of carbonyl (C=O) groups is 1. The summed E-state index contributed by atoms with van der Waals surface area (Å²) in [5.74, 6) is 1.08. The first-order valence-corrected chi connectivity index (χ1v) is 9.30. The van der Waals surface area contributed by atoms with Crippen molar-refractivity contribution < 1.29 is 14.3 Å². The Labute approximate surface area is 163 Å². The number of aromatic nitrogens is 2. The minimum atomic E-state index is -0.345. The van der Waals surface area contributed by atoms with Gasteiger partial charge in [0, 0.05) is 30.6 Å². The van der Waals surface area contributed by atoms with Crippen LogP contribution in [0.4, 0.5) is 11.6 Å². The lowest BCUT2D eigenvalue weighted by molar-refractivity contribution is 0.102. The summed E-state index contributed by atoms with van der Waals surface area (Å²) in [5.41, 5.74) is 0.799. The Kier molecular flexibility index (Phi) is 6.34. The summed E-state index contributed by atoms with van der Waals surface area (Å²) < 4.78 is 10.5. The first-order valence-electron chi connectivity index (χ1n) is 8.92. The molecule has 0 unspecified atom stereocenters. The second-order valence-electron chi connectivity index (χ2n) is 6.42. The molecule has 2 aromatic rings. The van der Waals surface area contributed by atoms with Crippen LogP contribution < -0.4 is 20.1 Å². The highest BCUT2D eigenvalue weighted by Gasteiger charge is 2.16. The van der Waals surface area contributed by atoms with Crippen molar-refractivity contribution in [2.45, 2.75) is 38.1 Å². The summed E-state index contributed by atoms with van der Waals surface area (Å²) in [7, 11) is 3.01. The Morgan fingerprint density at radius 2 is 1.74 bits per heavy atom. The molecule has 7 nitrogen and oxygen atoms in total. The zero-order valence-corrected chi connectivity index (χ0v) is 16.2. The zero-order chi connectivity index (χ0) is 19.2. The third-order valence-corrected chi connectivity index (χ3v) is 4.87. The van der Waals surface area contributed by atoms with Crippen LogP contribution in [-0.2, 0) is 0 Å². The van der Waals surface area contributed by atoms with Crippen molar-refractivity contribution in [2.24, 2.45) is 0 Å². The van der Waals surface area contributed by atoms with Crippen molar-refractivity contribution in [3.63, 3.8) is 0 Å². The van der Waals surface area contributed by atoms with Gasteiger partial charge >= 0.3 is 0 Å². The van der Waals surface area contributed by atoms with Crippen LogP contribution in [-0.4, -0.2) is 36.1 Å². The summed E-state index contributed by atoms with van der Waals surface area (Å²) in [6.07, 6.45) is 9.01. The number of nitrogens with one attached hydrogen (secondary N) is 2. The molecule has 2 N–H and O–H groups in total. The van der Waals surface area contributed by atoms with Gasteiger partial charge in [0.15, 0.2) is 0 Å². The number of methoxy groups -OCH3 is 2. The molecule has 0 aliphatic heterocycles. The molecule has 0 atom stereocenters. The molecule has 1 aliphatic carbocycles. The number of halogens is 1. The molecular weight excluding hydrogens is 368 g/mol. The lowest BCUT2D eigenvalue weighted by atomic mass is 9.96. The molecule has 1 amide bonds. The maximum absolute atomic E-state index is 12.5. The van der Waals surface area contributed by atoms with Crippen molar-refractivity contribution >= 4 is 29.1 Å². The Bertz CT molecular complexity index is 792. The van der Waals surface area contributed by atoms with Crippen LogP contribution in [0.25, 0.3) is 0 Å². The van der Waals surface area contributed by atoms with Crippen LogP contribution in [0.3, 0.4) is 0 Å². The number of hydrogen-bond acceptors (Lipinski definition) is 6. The third kappa shape index (κ3) is 4.80. The molecule has 1 heterocycles. The van der Waals surface area contributed by atoms with E-state index in [0.29, 0.717) is 39.8 Å². The Morgan fingerprint density at radius 1 is 1.07 bits per heavy atom. The molecule has 1 fully saturated rings. The fourth-order valence-electron chi connectivity index (χ4n) is 3.10. The fraction of sp³-hybridized carbons (Fsp3) is 0.421. The second-order valence-corrected chi connectivity index (χ2v) is 6.82. The van der Waals surface area contributed by atoms with Gasteiger partial charge in [0.25, 0.3) is 5.91 Å². The van der Waals surface area contributed by atoms with E-state index in [1.807, 2.05) is 0 Å². The van der Waals surface area contributed by atoms with Gasteiger partial charge in [0.05, 0.1) is 30.5 Å². The molecule has 0 spiro atoms. The number of rotatable bonds is 6. The number of anilines is 2. The van der Waals surface area contributed by atoms with Crippen molar-refractivity contribution in [3.05, 3.63) is 35.1 Å². The first-order chi connectivity index (χ1) is 13.1. The predicted octanol–water partition coefficient (Wildman–Crippen LogP) is 4.14. The SMILES string of the molecule is COc1cc(NC(=O)c2cnc(NC3CCCCC3)nc2)c(OC)cc1Cl. The van der Waals surface area contributed by atoms with E-state index in [2.05, 4.69) is 20.6 Å². The molecule has 144 valence electrons. The highest BCUT2D eigenvalue weighted by molar-refractivity contribution is 6.32. The van der Waals surface area contributed by atoms with Crippen LogP contribution in [0, 0.1) is 0 Å². The fourth-order valence-corrected chi connectivity index (χ4v) is 3.33. The normalized spacial score (nSPS) is 14.5. The number of nitrogens with zero attached hydrogens (tertiary/aromatic N) is 2. The summed E-state index contributed by atoms with van der Waals surface area (Å²) in [5, 5.41) is 6.51. The molecule has 0 bridgehead atoms. The average Bonchev–Trinajstić information content (AvgIpc) is 2.70. The van der Waals surface area contributed by atoms with E-state index in [9.17, 15) is 4.79 Å². The van der Waals surface area contributed by atoms with Crippen LogP contribution in [0.1, 0.15) is 42.5 Å². The van der Waals surface area contributed by atoms with Gasteiger partial charge in [0.1, 0.15) is 11.5 Å². The molecular formula is C19H23ClN4O3. The van der Waals surface area contributed by atoms with Crippen LogP contribution in [0.15, 0.2) is 24.5 Å². The van der Waals surface area contributed by atoms with Crippen LogP contribution >= 0.6 is 11.6 Å². The van der Waals surface area contributed by atoms with Crippen LogP contribution in [0.5, 0.6) is 11.5 Å². The Balaban J connectivity index is 1.69. The van der Waals surface area contributed by atoms with Crippen molar-refractivity contribution in [2.75, 3.05) is 24.9 Å². The second kappa shape index (κ2) is 8.90. The molecule has 1 aliphatic rings. The van der Waals surface area contributed by atoms with E-state index >= 15 is 0 Å². The average molecular weight is 391 g/mol. The molecule has 1 saturated carbocycles. The minimum Gasteiger partial charge on any atom is -0.495 e. The highest BCUT2D eigenvalue weighted by Crippen LogP contribution is 2.36. The van der Waals surface area contributed by atoms with Crippen molar-refractivity contribution in [1.82, 2.24) is 9.97 Å². The first kappa shape index (κ1) is 19.2. The molecule has 0 saturated heterocycles. The van der Waals surface area contributed by atoms with Gasteiger partial charge in [-0.05, 0) is 12.8 Å². The largest absolute Gasteiger partial charge is 0.495 e. The van der Waals surface area contributed by atoms with Gasteiger partial charge in [-0.2, -0.15) is 0 Å². The number of amides is 1. The quantitative estimate of drug-likeness (QED) is 0.770. The Morgan fingerprint density at radius 3 is 2.37 bits per heavy atom. The highest BCUT2D eigenvalue weighted by atomic mass is 35.5. The van der Waals surface area contributed by atoms with E-state index < -0.39 is 0 Å². The maximum Gasteiger partial charge on any atom is 0.258 e. The van der Waals surface area contributed by atoms with Gasteiger partial charge in [-0.25, -0.2) is 9.97 Å².